The van der Waals surface area contributed by atoms with Gasteiger partial charge in [0.05, 0.1) is 10.8 Å². The molecule has 0 saturated heterocycles. The molecule has 9 heteroatoms. The molecular formula is C20H19FN4O4. The average molecular weight is 398 g/mol. The first-order valence-corrected chi connectivity index (χ1v) is 8.89. The van der Waals surface area contributed by atoms with Crippen LogP contribution in [-0.2, 0) is 11.3 Å². The number of aromatic amines is 1. The van der Waals surface area contributed by atoms with Crippen LogP contribution in [0.1, 0.15) is 15.9 Å². The summed E-state index contributed by atoms with van der Waals surface area (Å²) < 4.78 is 14.4. The highest BCUT2D eigenvalue weighted by Crippen LogP contribution is 2.08. The van der Waals surface area contributed by atoms with Gasteiger partial charge in [-0.05, 0) is 36.8 Å². The minimum Gasteiger partial charge on any atom is -0.353 e. The van der Waals surface area contributed by atoms with Gasteiger partial charge in [-0.1, -0.05) is 18.2 Å². The summed E-state index contributed by atoms with van der Waals surface area (Å²) in [6.45, 7) is 1.45. The number of nitrogens with one attached hydrogen (secondary N) is 3. The number of rotatable bonds is 6. The van der Waals surface area contributed by atoms with Gasteiger partial charge in [0.2, 0.25) is 5.91 Å². The van der Waals surface area contributed by atoms with Gasteiger partial charge in [0.25, 0.3) is 17.0 Å². The van der Waals surface area contributed by atoms with E-state index in [1.54, 1.807) is 19.1 Å². The van der Waals surface area contributed by atoms with E-state index in [1.165, 1.54) is 24.3 Å². The maximum atomic E-state index is 13.5. The number of hydrogen-bond donors (Lipinski definition) is 3. The van der Waals surface area contributed by atoms with Crippen molar-refractivity contribution in [2.24, 2.45) is 0 Å². The molecule has 29 heavy (non-hydrogen) atoms. The van der Waals surface area contributed by atoms with Crippen molar-refractivity contribution in [3.63, 3.8) is 0 Å². The fourth-order valence-electron chi connectivity index (χ4n) is 2.77. The Kier molecular flexibility index (Phi) is 5.87. The van der Waals surface area contributed by atoms with Gasteiger partial charge in [0.1, 0.15) is 12.4 Å². The first-order chi connectivity index (χ1) is 13.9. The van der Waals surface area contributed by atoms with Crippen LogP contribution in [0.5, 0.6) is 0 Å². The zero-order chi connectivity index (χ0) is 21.0. The maximum Gasteiger partial charge on any atom is 0.273 e. The molecule has 0 aliphatic heterocycles. The third kappa shape index (κ3) is 4.57. The highest BCUT2D eigenvalue weighted by Gasteiger charge is 2.11. The lowest BCUT2D eigenvalue weighted by Gasteiger charge is -2.09. The van der Waals surface area contributed by atoms with Crippen LogP contribution in [0.4, 0.5) is 4.39 Å². The van der Waals surface area contributed by atoms with E-state index in [9.17, 15) is 23.6 Å². The smallest absolute Gasteiger partial charge is 0.273 e. The lowest BCUT2D eigenvalue weighted by atomic mass is 10.1. The van der Waals surface area contributed by atoms with Gasteiger partial charge in [0.15, 0.2) is 0 Å². The molecule has 0 bridgehead atoms. The molecule has 0 spiro atoms. The van der Waals surface area contributed by atoms with Crippen molar-refractivity contribution in [3.8, 4) is 0 Å². The van der Waals surface area contributed by atoms with Crippen LogP contribution < -0.4 is 21.8 Å². The summed E-state index contributed by atoms with van der Waals surface area (Å²) >= 11 is 0. The Labute approximate surface area is 164 Å². The number of hydrogen-bond acceptors (Lipinski definition) is 4. The maximum absolute atomic E-state index is 13.5. The molecule has 0 aliphatic rings. The lowest BCUT2D eigenvalue weighted by Crippen LogP contribution is -2.39. The molecule has 0 atom stereocenters. The first-order valence-electron chi connectivity index (χ1n) is 8.89. The number of carbonyl (C=O) groups excluding carboxylic acids is 2. The largest absolute Gasteiger partial charge is 0.353 e. The van der Waals surface area contributed by atoms with Crippen molar-refractivity contribution < 1.29 is 14.0 Å². The summed E-state index contributed by atoms with van der Waals surface area (Å²) in [6.07, 6.45) is 0. The van der Waals surface area contributed by atoms with E-state index in [0.29, 0.717) is 5.56 Å². The van der Waals surface area contributed by atoms with Crippen LogP contribution in [0.25, 0.3) is 10.8 Å². The van der Waals surface area contributed by atoms with Gasteiger partial charge in [0, 0.05) is 18.7 Å². The van der Waals surface area contributed by atoms with Gasteiger partial charge in [-0.15, -0.1) is 0 Å². The predicted octanol–water partition coefficient (Wildman–Crippen LogP) is 0.684. The Bertz CT molecular complexity index is 1200. The normalized spacial score (nSPS) is 10.7. The van der Waals surface area contributed by atoms with Crippen LogP contribution in [0.15, 0.2) is 52.1 Å². The second-order valence-corrected chi connectivity index (χ2v) is 6.45. The van der Waals surface area contributed by atoms with Crippen LogP contribution in [0, 0.1) is 12.7 Å². The number of benzene rings is 2. The molecule has 150 valence electrons. The van der Waals surface area contributed by atoms with E-state index in [4.69, 9.17) is 0 Å². The Hall–Kier alpha value is -3.75. The molecule has 1 aromatic heterocycles. The van der Waals surface area contributed by atoms with Crippen LogP contribution in [-0.4, -0.2) is 34.7 Å². The molecule has 0 fully saturated rings. The molecule has 0 unspecified atom stereocenters. The fourth-order valence-corrected chi connectivity index (χ4v) is 2.77. The summed E-state index contributed by atoms with van der Waals surface area (Å²) in [7, 11) is 0. The van der Waals surface area contributed by atoms with Crippen molar-refractivity contribution in [3.05, 3.63) is 80.1 Å². The molecule has 3 aromatic rings. The molecule has 0 saturated carbocycles. The number of amides is 2. The van der Waals surface area contributed by atoms with Crippen molar-refractivity contribution in [1.82, 2.24) is 20.4 Å². The van der Waals surface area contributed by atoms with Crippen molar-refractivity contribution in [2.75, 3.05) is 13.1 Å². The second-order valence-electron chi connectivity index (χ2n) is 6.45. The average Bonchev–Trinajstić information content (AvgIpc) is 2.71. The Morgan fingerprint density at radius 3 is 2.45 bits per heavy atom. The van der Waals surface area contributed by atoms with Crippen molar-refractivity contribution >= 4 is 22.6 Å². The Morgan fingerprint density at radius 2 is 1.72 bits per heavy atom. The van der Waals surface area contributed by atoms with Gasteiger partial charge in [-0.2, -0.15) is 0 Å². The number of H-pyrrole nitrogens is 1. The number of aromatic nitrogens is 2. The van der Waals surface area contributed by atoms with Gasteiger partial charge in [-0.3, -0.25) is 24.3 Å². The molecule has 2 amide bonds. The number of halogens is 1. The summed E-state index contributed by atoms with van der Waals surface area (Å²) in [5.74, 6) is -1.44. The predicted molar refractivity (Wildman–Crippen MR) is 105 cm³/mol. The van der Waals surface area contributed by atoms with E-state index >= 15 is 0 Å². The van der Waals surface area contributed by atoms with Gasteiger partial charge in [-0.25, -0.2) is 9.07 Å². The third-order valence-corrected chi connectivity index (χ3v) is 4.35. The number of carbonyl (C=O) groups is 2. The van der Waals surface area contributed by atoms with Gasteiger partial charge >= 0.3 is 0 Å². The summed E-state index contributed by atoms with van der Waals surface area (Å²) in [5.41, 5.74) is -0.328. The van der Waals surface area contributed by atoms with E-state index in [-0.39, 0.29) is 36.0 Å². The van der Waals surface area contributed by atoms with Crippen LogP contribution >= 0.6 is 0 Å². The molecular weight excluding hydrogens is 379 g/mol. The SMILES string of the molecule is Cc1ccc(C(=O)NCCNC(=O)Cn2[nH]c(=O)c3ccccc3c2=O)cc1F. The highest BCUT2D eigenvalue weighted by atomic mass is 19.1. The fraction of sp³-hybridized carbons (Fsp3) is 0.200. The van der Waals surface area contributed by atoms with Gasteiger partial charge < -0.3 is 10.6 Å². The van der Waals surface area contributed by atoms with E-state index in [1.807, 2.05) is 0 Å². The Balaban J connectivity index is 1.54. The summed E-state index contributed by atoms with van der Waals surface area (Å²) in [4.78, 5) is 48.4. The Morgan fingerprint density at radius 1 is 1.03 bits per heavy atom. The van der Waals surface area contributed by atoms with Crippen LogP contribution in [0.3, 0.4) is 0 Å². The summed E-state index contributed by atoms with van der Waals surface area (Å²) in [5, 5.41) is 7.96. The molecule has 3 N–H and O–H groups in total. The topological polar surface area (TPSA) is 113 Å². The third-order valence-electron chi connectivity index (χ3n) is 4.35. The molecule has 1 heterocycles. The van der Waals surface area contributed by atoms with Crippen molar-refractivity contribution in [2.45, 2.75) is 13.5 Å². The molecule has 0 radical (unpaired) electrons. The van der Waals surface area contributed by atoms with E-state index in [0.717, 1.165) is 10.7 Å². The molecule has 3 rings (SSSR count). The van der Waals surface area contributed by atoms with Crippen molar-refractivity contribution in [1.29, 1.82) is 0 Å². The minimum absolute atomic E-state index is 0.103. The second kappa shape index (κ2) is 8.51. The summed E-state index contributed by atoms with van der Waals surface area (Å²) in [6, 6.07) is 10.5. The highest BCUT2D eigenvalue weighted by molar-refractivity contribution is 5.94. The quantitative estimate of drug-likeness (QED) is 0.530. The molecule has 8 nitrogen and oxygen atoms in total. The number of nitrogens with zero attached hydrogens (tertiary/aromatic N) is 1. The first kappa shape index (κ1) is 20.0. The number of aryl methyl sites for hydroxylation is 1. The monoisotopic (exact) mass is 398 g/mol. The standard InChI is InChI=1S/C20H19FN4O4/c1-12-6-7-13(10-16(12)21)18(27)23-9-8-22-17(26)11-25-20(29)15-5-3-2-4-14(15)19(28)24-25/h2-7,10H,8-9,11H2,1H3,(H,22,26)(H,23,27)(H,24,28). The molecule has 0 aliphatic carbocycles. The van der Waals surface area contributed by atoms with E-state index in [2.05, 4.69) is 15.7 Å². The zero-order valence-corrected chi connectivity index (χ0v) is 15.6. The zero-order valence-electron chi connectivity index (χ0n) is 15.6. The molecule has 2 aromatic carbocycles. The van der Waals surface area contributed by atoms with Crippen LogP contribution in [0.2, 0.25) is 0 Å². The minimum atomic E-state index is -0.506. The van der Waals surface area contributed by atoms with E-state index < -0.39 is 28.8 Å². The lowest BCUT2D eigenvalue weighted by molar-refractivity contribution is -0.121. The number of fused-ring (bicyclic) bond motifs is 1.